The summed E-state index contributed by atoms with van der Waals surface area (Å²) in [6.07, 6.45) is 6.91. The smallest absolute Gasteiger partial charge is 0.320 e. The first-order valence-corrected chi connectivity index (χ1v) is 8.59. The van der Waals surface area contributed by atoms with Crippen LogP contribution in [0.25, 0.3) is 5.65 Å². The maximum absolute atomic E-state index is 12.3. The number of hydrogen-bond acceptors (Lipinski definition) is 4. The Morgan fingerprint density at radius 3 is 2.96 bits per heavy atom. The van der Waals surface area contributed by atoms with Crippen LogP contribution in [0.4, 0.5) is 0 Å². The number of carboxylic acids is 1. The minimum Gasteiger partial charge on any atom is -0.480 e. The van der Waals surface area contributed by atoms with Gasteiger partial charge in [0.2, 0.25) is 0 Å². The first-order chi connectivity index (χ1) is 11.6. The standard InChI is InChI=1S/C18H21N3O3/c22-17-10-13(19-16-7-3-4-8-20(16)17)11-21-14-6-2-1-5-12(14)9-15(21)18(23)24/h3-4,7-8,10,12,14-15H,1-2,5-6,9,11H2,(H,23,24)/t12-,14-,15+/m1/s1. The molecule has 0 unspecified atom stereocenters. The molecule has 3 atom stereocenters. The molecule has 126 valence electrons. The Labute approximate surface area is 139 Å². The highest BCUT2D eigenvalue weighted by atomic mass is 16.4. The van der Waals surface area contributed by atoms with E-state index in [1.807, 2.05) is 6.07 Å². The Morgan fingerprint density at radius 2 is 2.12 bits per heavy atom. The maximum Gasteiger partial charge on any atom is 0.320 e. The number of aliphatic carboxylic acids is 1. The summed E-state index contributed by atoms with van der Waals surface area (Å²) in [5.41, 5.74) is 1.14. The van der Waals surface area contributed by atoms with E-state index >= 15 is 0 Å². The van der Waals surface area contributed by atoms with E-state index in [2.05, 4.69) is 9.88 Å². The molecule has 4 rings (SSSR count). The zero-order valence-electron chi connectivity index (χ0n) is 13.5. The largest absolute Gasteiger partial charge is 0.480 e. The summed E-state index contributed by atoms with van der Waals surface area (Å²) in [4.78, 5) is 30.6. The molecule has 0 bridgehead atoms. The molecule has 2 aliphatic rings. The molecule has 6 heteroatoms. The molecule has 3 heterocycles. The highest BCUT2D eigenvalue weighted by molar-refractivity contribution is 5.74. The van der Waals surface area contributed by atoms with Gasteiger partial charge in [0, 0.05) is 24.8 Å². The third kappa shape index (κ3) is 2.60. The fraction of sp³-hybridized carbons (Fsp3) is 0.500. The number of carbonyl (C=O) groups is 1. The van der Waals surface area contributed by atoms with E-state index in [4.69, 9.17) is 0 Å². The van der Waals surface area contributed by atoms with Crippen molar-refractivity contribution in [3.05, 3.63) is 46.5 Å². The lowest BCUT2D eigenvalue weighted by molar-refractivity contribution is -0.142. The van der Waals surface area contributed by atoms with Gasteiger partial charge in [0.05, 0.1) is 5.69 Å². The molecular formula is C18H21N3O3. The number of fused-ring (bicyclic) bond motifs is 2. The molecule has 1 saturated heterocycles. The highest BCUT2D eigenvalue weighted by Gasteiger charge is 2.45. The van der Waals surface area contributed by atoms with Gasteiger partial charge in [-0.3, -0.25) is 18.9 Å². The van der Waals surface area contributed by atoms with Crippen LogP contribution in [0.3, 0.4) is 0 Å². The van der Waals surface area contributed by atoms with Gasteiger partial charge in [-0.05, 0) is 37.3 Å². The Hall–Kier alpha value is -2.21. The van der Waals surface area contributed by atoms with Crippen molar-refractivity contribution in [2.24, 2.45) is 5.92 Å². The van der Waals surface area contributed by atoms with E-state index < -0.39 is 12.0 Å². The maximum atomic E-state index is 12.3. The van der Waals surface area contributed by atoms with E-state index in [1.165, 1.54) is 16.9 Å². The fourth-order valence-electron chi connectivity index (χ4n) is 4.39. The van der Waals surface area contributed by atoms with Crippen LogP contribution in [0.2, 0.25) is 0 Å². The van der Waals surface area contributed by atoms with Gasteiger partial charge in [-0.15, -0.1) is 0 Å². The Balaban J connectivity index is 1.67. The lowest BCUT2D eigenvalue weighted by Crippen LogP contribution is -2.42. The average molecular weight is 327 g/mol. The monoisotopic (exact) mass is 327 g/mol. The van der Waals surface area contributed by atoms with Crippen LogP contribution in [0.5, 0.6) is 0 Å². The number of carboxylic acid groups (broad SMARTS) is 1. The van der Waals surface area contributed by atoms with Crippen LogP contribution >= 0.6 is 0 Å². The zero-order valence-corrected chi connectivity index (χ0v) is 13.5. The first kappa shape index (κ1) is 15.3. The predicted molar refractivity (Wildman–Crippen MR) is 88.8 cm³/mol. The predicted octanol–water partition coefficient (Wildman–Crippen LogP) is 1.91. The van der Waals surface area contributed by atoms with Crippen LogP contribution in [0, 0.1) is 5.92 Å². The first-order valence-electron chi connectivity index (χ1n) is 8.59. The van der Waals surface area contributed by atoms with Crippen molar-refractivity contribution in [2.45, 2.75) is 50.7 Å². The van der Waals surface area contributed by atoms with Gasteiger partial charge in [-0.1, -0.05) is 18.9 Å². The van der Waals surface area contributed by atoms with Crippen molar-refractivity contribution in [2.75, 3.05) is 0 Å². The summed E-state index contributed by atoms with van der Waals surface area (Å²) in [7, 11) is 0. The minimum atomic E-state index is -0.762. The molecule has 2 aromatic heterocycles. The van der Waals surface area contributed by atoms with Crippen LogP contribution < -0.4 is 5.56 Å². The average Bonchev–Trinajstić information content (AvgIpc) is 2.94. The van der Waals surface area contributed by atoms with Gasteiger partial charge in [0.1, 0.15) is 11.7 Å². The highest BCUT2D eigenvalue weighted by Crippen LogP contribution is 2.40. The molecule has 0 aromatic carbocycles. The van der Waals surface area contributed by atoms with Crippen molar-refractivity contribution < 1.29 is 9.90 Å². The number of nitrogens with zero attached hydrogens (tertiary/aromatic N) is 3. The van der Waals surface area contributed by atoms with Crippen molar-refractivity contribution in [3.8, 4) is 0 Å². The Morgan fingerprint density at radius 1 is 1.29 bits per heavy atom. The normalized spacial score (nSPS) is 27.2. The van der Waals surface area contributed by atoms with E-state index in [9.17, 15) is 14.7 Å². The van der Waals surface area contributed by atoms with Gasteiger partial charge in [0.15, 0.2) is 0 Å². The van der Waals surface area contributed by atoms with Crippen molar-refractivity contribution in [3.63, 3.8) is 0 Å². The fourth-order valence-corrected chi connectivity index (χ4v) is 4.39. The second-order valence-electron chi connectivity index (χ2n) is 6.89. The Kier molecular flexibility index (Phi) is 3.84. The van der Waals surface area contributed by atoms with Crippen molar-refractivity contribution >= 4 is 11.6 Å². The minimum absolute atomic E-state index is 0.123. The molecule has 2 aromatic rings. The molecule has 0 amide bonds. The quantitative estimate of drug-likeness (QED) is 0.932. The molecule has 1 aliphatic heterocycles. The third-order valence-corrected chi connectivity index (χ3v) is 5.47. The molecule has 2 fully saturated rings. The summed E-state index contributed by atoms with van der Waals surface area (Å²) in [5, 5.41) is 9.61. The van der Waals surface area contributed by atoms with Gasteiger partial charge < -0.3 is 5.11 Å². The van der Waals surface area contributed by atoms with E-state index in [0.29, 0.717) is 36.3 Å². The SMILES string of the molecule is O=C(O)[C@@H]1C[C@H]2CCCC[C@H]2N1Cc1cc(=O)n2ccccc2n1. The molecule has 0 spiro atoms. The lowest BCUT2D eigenvalue weighted by Gasteiger charge is -2.32. The summed E-state index contributed by atoms with van der Waals surface area (Å²) >= 11 is 0. The van der Waals surface area contributed by atoms with Crippen molar-refractivity contribution in [1.29, 1.82) is 0 Å². The summed E-state index contributed by atoms with van der Waals surface area (Å²) in [6.45, 7) is 0.429. The second kappa shape index (κ2) is 6.02. The van der Waals surface area contributed by atoms with E-state index in [0.717, 1.165) is 19.3 Å². The van der Waals surface area contributed by atoms with Gasteiger partial charge in [-0.25, -0.2) is 4.98 Å². The van der Waals surface area contributed by atoms with Crippen molar-refractivity contribution in [1.82, 2.24) is 14.3 Å². The van der Waals surface area contributed by atoms with Crippen LogP contribution in [0.15, 0.2) is 35.3 Å². The number of pyridine rings is 1. The molecule has 1 saturated carbocycles. The topological polar surface area (TPSA) is 74.9 Å². The summed E-state index contributed by atoms with van der Waals surface area (Å²) in [6, 6.07) is 6.81. The Bertz CT molecular complexity index is 832. The molecule has 1 aliphatic carbocycles. The van der Waals surface area contributed by atoms with Gasteiger partial charge in [0.25, 0.3) is 5.56 Å². The zero-order chi connectivity index (χ0) is 16.7. The molecule has 1 N–H and O–H groups in total. The third-order valence-electron chi connectivity index (χ3n) is 5.47. The van der Waals surface area contributed by atoms with Gasteiger partial charge >= 0.3 is 5.97 Å². The summed E-state index contributed by atoms with van der Waals surface area (Å²) < 4.78 is 1.51. The molecule has 0 radical (unpaired) electrons. The molecule has 24 heavy (non-hydrogen) atoms. The van der Waals surface area contributed by atoms with Gasteiger partial charge in [-0.2, -0.15) is 0 Å². The second-order valence-corrected chi connectivity index (χ2v) is 6.89. The van der Waals surface area contributed by atoms with Crippen LogP contribution in [-0.4, -0.2) is 37.4 Å². The summed E-state index contributed by atoms with van der Waals surface area (Å²) in [5.74, 6) is -0.302. The molecule has 6 nitrogen and oxygen atoms in total. The van der Waals surface area contributed by atoms with Crippen LogP contribution in [-0.2, 0) is 11.3 Å². The lowest BCUT2D eigenvalue weighted by atomic mass is 9.85. The van der Waals surface area contributed by atoms with E-state index in [1.54, 1.807) is 18.3 Å². The number of aromatic nitrogens is 2. The number of hydrogen-bond donors (Lipinski definition) is 1. The van der Waals surface area contributed by atoms with E-state index in [-0.39, 0.29) is 5.56 Å². The molecular weight excluding hydrogens is 306 g/mol. The van der Waals surface area contributed by atoms with Crippen LogP contribution in [0.1, 0.15) is 37.8 Å². The number of likely N-dealkylation sites (tertiary alicyclic amines) is 1. The number of rotatable bonds is 3.